The lowest BCUT2D eigenvalue weighted by Gasteiger charge is -2.26. The number of hydrogen-bond donors (Lipinski definition) is 0. The van der Waals surface area contributed by atoms with Gasteiger partial charge in [-0.25, -0.2) is 0 Å². The Morgan fingerprint density at radius 1 is 0.283 bits per heavy atom. The Bertz CT molecular complexity index is 3190. The molecule has 0 spiro atoms. The average Bonchev–Trinajstić information content (AvgIpc) is 3.68. The van der Waals surface area contributed by atoms with Crippen LogP contribution in [0.5, 0.6) is 0 Å². The second-order valence-corrected chi connectivity index (χ2v) is 15.3. The molecule has 11 aromatic rings. The molecule has 10 aromatic carbocycles. The largest absolute Gasteiger partial charge is 0.310 e. The first-order valence-electron chi connectivity index (χ1n) is 20.6. The summed E-state index contributed by atoms with van der Waals surface area (Å²) in [5.41, 5.74) is 16.4. The van der Waals surface area contributed by atoms with Crippen molar-refractivity contribution in [2.24, 2.45) is 0 Å². The van der Waals surface area contributed by atoms with E-state index >= 15 is 0 Å². The van der Waals surface area contributed by atoms with Crippen LogP contribution in [-0.2, 0) is 0 Å². The summed E-state index contributed by atoms with van der Waals surface area (Å²) in [6.45, 7) is 0. The summed E-state index contributed by atoms with van der Waals surface area (Å²) in [5.74, 6) is 0. The fraction of sp³-hybridized carbons (Fsp3) is 0. The number of anilines is 3. The molecule has 282 valence electrons. The highest BCUT2D eigenvalue weighted by Crippen LogP contribution is 2.44. The van der Waals surface area contributed by atoms with Crippen molar-refractivity contribution in [1.29, 1.82) is 0 Å². The number of aromatic nitrogens is 1. The van der Waals surface area contributed by atoms with E-state index in [0.29, 0.717) is 0 Å². The third-order valence-electron chi connectivity index (χ3n) is 11.8. The Balaban J connectivity index is 1.09. The molecule has 0 saturated heterocycles. The lowest BCUT2D eigenvalue weighted by atomic mass is 9.90. The molecular weight excluding hydrogens is 725 g/mol. The van der Waals surface area contributed by atoms with Crippen molar-refractivity contribution < 1.29 is 0 Å². The summed E-state index contributed by atoms with van der Waals surface area (Å²) in [5, 5.41) is 4.99. The van der Waals surface area contributed by atoms with Crippen LogP contribution in [0.3, 0.4) is 0 Å². The van der Waals surface area contributed by atoms with Crippen LogP contribution in [0.25, 0.3) is 82.8 Å². The van der Waals surface area contributed by atoms with Crippen LogP contribution in [0.2, 0.25) is 0 Å². The topological polar surface area (TPSA) is 8.17 Å². The van der Waals surface area contributed by atoms with Crippen molar-refractivity contribution in [3.05, 3.63) is 243 Å². The molecule has 60 heavy (non-hydrogen) atoms. The number of benzene rings is 10. The third-order valence-corrected chi connectivity index (χ3v) is 11.8. The molecule has 2 nitrogen and oxygen atoms in total. The van der Waals surface area contributed by atoms with E-state index in [-0.39, 0.29) is 0 Å². The predicted molar refractivity (Wildman–Crippen MR) is 255 cm³/mol. The quantitative estimate of drug-likeness (QED) is 0.150. The summed E-state index contributed by atoms with van der Waals surface area (Å²) in [6.07, 6.45) is 0. The Morgan fingerprint density at radius 3 is 1.45 bits per heavy atom. The minimum Gasteiger partial charge on any atom is -0.310 e. The maximum absolute atomic E-state index is 2.45. The molecule has 0 bridgehead atoms. The maximum atomic E-state index is 2.45. The Morgan fingerprint density at radius 2 is 0.800 bits per heavy atom. The number of nitrogens with zero attached hydrogens (tertiary/aromatic N) is 2. The molecule has 0 aliphatic rings. The van der Waals surface area contributed by atoms with Gasteiger partial charge in [-0.05, 0) is 110 Å². The fourth-order valence-electron chi connectivity index (χ4n) is 9.01. The minimum atomic E-state index is 1.08. The summed E-state index contributed by atoms with van der Waals surface area (Å²) in [4.78, 5) is 2.37. The molecule has 1 aromatic heterocycles. The molecule has 0 aliphatic carbocycles. The summed E-state index contributed by atoms with van der Waals surface area (Å²) < 4.78 is 2.45. The first kappa shape index (κ1) is 35.2. The van der Waals surface area contributed by atoms with Gasteiger partial charge in [-0.15, -0.1) is 0 Å². The van der Waals surface area contributed by atoms with Gasteiger partial charge in [0.1, 0.15) is 0 Å². The van der Waals surface area contributed by atoms with E-state index in [1.807, 2.05) is 0 Å². The Labute approximate surface area is 350 Å². The van der Waals surface area contributed by atoms with E-state index in [2.05, 4.69) is 252 Å². The van der Waals surface area contributed by atoms with E-state index in [4.69, 9.17) is 0 Å². The maximum Gasteiger partial charge on any atom is 0.0547 e. The van der Waals surface area contributed by atoms with Gasteiger partial charge in [0.2, 0.25) is 0 Å². The zero-order chi connectivity index (χ0) is 39.8. The van der Waals surface area contributed by atoms with E-state index < -0.39 is 0 Å². The second kappa shape index (κ2) is 15.1. The lowest BCUT2D eigenvalue weighted by molar-refractivity contribution is 1.17. The predicted octanol–water partition coefficient (Wildman–Crippen LogP) is 16.1. The van der Waals surface area contributed by atoms with Crippen molar-refractivity contribution in [3.8, 4) is 50.2 Å². The fourth-order valence-corrected chi connectivity index (χ4v) is 9.01. The van der Waals surface area contributed by atoms with Gasteiger partial charge in [0, 0.05) is 33.5 Å². The molecule has 0 aliphatic heterocycles. The zero-order valence-corrected chi connectivity index (χ0v) is 33.0. The molecule has 0 saturated carbocycles. The van der Waals surface area contributed by atoms with Crippen molar-refractivity contribution in [3.63, 3.8) is 0 Å². The van der Waals surface area contributed by atoms with Gasteiger partial charge in [0.15, 0.2) is 0 Å². The van der Waals surface area contributed by atoms with Gasteiger partial charge >= 0.3 is 0 Å². The molecule has 0 fully saturated rings. The van der Waals surface area contributed by atoms with Crippen molar-refractivity contribution in [2.75, 3.05) is 4.90 Å². The first-order valence-corrected chi connectivity index (χ1v) is 20.6. The molecule has 0 amide bonds. The highest BCUT2D eigenvalue weighted by Gasteiger charge is 2.20. The number of para-hydroxylation sites is 1. The lowest BCUT2D eigenvalue weighted by Crippen LogP contribution is -2.10. The van der Waals surface area contributed by atoms with Gasteiger partial charge in [-0.2, -0.15) is 0 Å². The Kier molecular flexibility index (Phi) is 8.87. The van der Waals surface area contributed by atoms with E-state index in [0.717, 1.165) is 22.7 Å². The standard InChI is InChI=1S/C58H40N2/c1-4-16-41(17-5-1)43-30-35-47(36-31-43)59(48-37-32-44(33-38-48)42-18-6-2-7-19-42)49-23-15-24-50(40-49)60-55-29-13-12-27-54(55)58-56(60)39-34-46-22-14-28-53(57(46)58)52-26-11-10-25-51(52)45-20-8-3-9-21-45/h1-40H. The average molecular weight is 765 g/mol. The highest BCUT2D eigenvalue weighted by molar-refractivity contribution is 6.25. The number of rotatable bonds is 8. The molecule has 0 atom stereocenters. The molecule has 0 N–H and O–H groups in total. The second-order valence-electron chi connectivity index (χ2n) is 15.3. The third kappa shape index (κ3) is 6.23. The molecule has 2 heteroatoms. The van der Waals surface area contributed by atoms with Gasteiger partial charge in [-0.1, -0.05) is 188 Å². The monoisotopic (exact) mass is 764 g/mol. The minimum absolute atomic E-state index is 1.08. The van der Waals surface area contributed by atoms with Crippen molar-refractivity contribution >= 4 is 49.6 Å². The smallest absolute Gasteiger partial charge is 0.0547 e. The van der Waals surface area contributed by atoms with Crippen LogP contribution >= 0.6 is 0 Å². The molecule has 11 rings (SSSR count). The first-order chi connectivity index (χ1) is 29.8. The van der Waals surface area contributed by atoms with Crippen LogP contribution in [0.4, 0.5) is 17.1 Å². The van der Waals surface area contributed by atoms with Crippen LogP contribution in [0, 0.1) is 0 Å². The zero-order valence-electron chi connectivity index (χ0n) is 33.0. The van der Waals surface area contributed by atoms with Crippen LogP contribution in [0.1, 0.15) is 0 Å². The molecule has 0 radical (unpaired) electrons. The van der Waals surface area contributed by atoms with Gasteiger partial charge in [0.05, 0.1) is 11.0 Å². The van der Waals surface area contributed by atoms with Crippen molar-refractivity contribution in [1.82, 2.24) is 4.57 Å². The SMILES string of the molecule is c1ccc(-c2ccc(N(c3ccc(-c4ccccc4)cc3)c3cccc(-n4c5ccccc5c5c6c(-c7ccccc7-c7ccccc7)cccc6ccc54)c3)cc2)cc1. The van der Waals surface area contributed by atoms with Crippen LogP contribution in [0.15, 0.2) is 243 Å². The van der Waals surface area contributed by atoms with E-state index in [1.54, 1.807) is 0 Å². The van der Waals surface area contributed by atoms with Crippen LogP contribution < -0.4 is 4.90 Å². The summed E-state index contributed by atoms with van der Waals surface area (Å²) >= 11 is 0. The normalized spacial score (nSPS) is 11.3. The molecule has 1 heterocycles. The van der Waals surface area contributed by atoms with E-state index in [1.165, 1.54) is 77.1 Å². The van der Waals surface area contributed by atoms with E-state index in [9.17, 15) is 0 Å². The van der Waals surface area contributed by atoms with Gasteiger partial charge in [0.25, 0.3) is 0 Å². The summed E-state index contributed by atoms with van der Waals surface area (Å²) in [6, 6.07) is 87.8. The van der Waals surface area contributed by atoms with Gasteiger partial charge < -0.3 is 9.47 Å². The highest BCUT2D eigenvalue weighted by atomic mass is 15.1. The number of hydrogen-bond acceptors (Lipinski definition) is 1. The van der Waals surface area contributed by atoms with Gasteiger partial charge in [-0.3, -0.25) is 0 Å². The van der Waals surface area contributed by atoms with Crippen molar-refractivity contribution in [2.45, 2.75) is 0 Å². The molecular formula is C58H40N2. The Hall–Kier alpha value is -7.94. The molecule has 0 unspecified atom stereocenters. The van der Waals surface area contributed by atoms with Crippen LogP contribution in [-0.4, -0.2) is 4.57 Å². The summed E-state index contributed by atoms with van der Waals surface area (Å²) in [7, 11) is 0. The number of fused-ring (bicyclic) bond motifs is 5.